The van der Waals surface area contributed by atoms with Crippen molar-refractivity contribution in [2.45, 2.75) is 46.0 Å². The van der Waals surface area contributed by atoms with E-state index in [2.05, 4.69) is 20.8 Å². The van der Waals surface area contributed by atoms with E-state index in [1.165, 1.54) is 0 Å². The highest BCUT2D eigenvalue weighted by molar-refractivity contribution is 4.85. The Kier molecular flexibility index (Phi) is 2.55. The van der Waals surface area contributed by atoms with Gasteiger partial charge in [-0.1, -0.05) is 13.8 Å². The van der Waals surface area contributed by atoms with Crippen LogP contribution in [0, 0.1) is 11.8 Å². The number of hydrogen-bond acceptors (Lipinski definition) is 2. The molecule has 0 aromatic carbocycles. The molecule has 0 aromatic rings. The second-order valence-electron chi connectivity index (χ2n) is 3.76. The molecule has 1 fully saturated rings. The molecule has 0 saturated carbocycles. The van der Waals surface area contributed by atoms with E-state index in [0.29, 0.717) is 17.9 Å². The van der Waals surface area contributed by atoms with E-state index in [0.717, 1.165) is 0 Å². The van der Waals surface area contributed by atoms with E-state index in [4.69, 9.17) is 4.74 Å². The molecule has 5 atom stereocenters. The molecule has 2 heteroatoms. The highest BCUT2D eigenvalue weighted by Gasteiger charge is 2.38. The molecule has 1 unspecified atom stereocenters. The van der Waals surface area contributed by atoms with Crippen molar-refractivity contribution < 1.29 is 9.84 Å². The van der Waals surface area contributed by atoms with Crippen LogP contribution in [0.5, 0.6) is 0 Å². The minimum absolute atomic E-state index is 0.0417. The van der Waals surface area contributed by atoms with Gasteiger partial charge in [-0.25, -0.2) is 0 Å². The zero-order chi connectivity index (χ0) is 8.59. The fourth-order valence-corrected chi connectivity index (χ4v) is 1.78. The molecule has 2 nitrogen and oxygen atoms in total. The van der Waals surface area contributed by atoms with Crippen molar-refractivity contribution in [1.29, 1.82) is 0 Å². The van der Waals surface area contributed by atoms with Crippen LogP contribution in [0.25, 0.3) is 0 Å². The Morgan fingerprint density at radius 1 is 1.18 bits per heavy atom. The summed E-state index contributed by atoms with van der Waals surface area (Å²) in [5, 5.41) is 9.33. The van der Waals surface area contributed by atoms with E-state index in [9.17, 15) is 5.11 Å². The quantitative estimate of drug-likeness (QED) is 0.625. The summed E-state index contributed by atoms with van der Waals surface area (Å²) in [5.74, 6) is 1.04. The van der Waals surface area contributed by atoms with Crippen molar-refractivity contribution in [3.8, 4) is 0 Å². The molecule has 0 spiro atoms. The first-order valence-electron chi connectivity index (χ1n) is 4.37. The largest absolute Gasteiger partial charge is 0.391 e. The van der Waals surface area contributed by atoms with Crippen molar-refractivity contribution >= 4 is 0 Å². The summed E-state index contributed by atoms with van der Waals surface area (Å²) in [6.07, 6.45) is 0.00185. The van der Waals surface area contributed by atoms with Crippen LogP contribution in [0.15, 0.2) is 0 Å². The van der Waals surface area contributed by atoms with Gasteiger partial charge in [0, 0.05) is 0 Å². The maximum atomic E-state index is 9.33. The highest BCUT2D eigenvalue weighted by atomic mass is 16.5. The second kappa shape index (κ2) is 3.11. The molecule has 1 aliphatic heterocycles. The van der Waals surface area contributed by atoms with Crippen LogP contribution < -0.4 is 0 Å². The van der Waals surface area contributed by atoms with Gasteiger partial charge in [0.05, 0.1) is 18.3 Å². The average Bonchev–Trinajstić information content (AvgIpc) is 2.17. The number of ether oxygens (including phenoxy) is 1. The van der Waals surface area contributed by atoms with E-state index in [1.54, 1.807) is 6.92 Å². The van der Waals surface area contributed by atoms with Gasteiger partial charge >= 0.3 is 0 Å². The van der Waals surface area contributed by atoms with Crippen LogP contribution in [-0.2, 0) is 4.74 Å². The number of aliphatic hydroxyl groups excluding tert-OH is 1. The summed E-state index contributed by atoms with van der Waals surface area (Å²) >= 11 is 0. The van der Waals surface area contributed by atoms with Gasteiger partial charge in [0.1, 0.15) is 0 Å². The van der Waals surface area contributed by atoms with Crippen LogP contribution in [0.2, 0.25) is 0 Å². The first-order valence-corrected chi connectivity index (χ1v) is 4.37. The Morgan fingerprint density at radius 2 is 1.73 bits per heavy atom. The lowest BCUT2D eigenvalue weighted by molar-refractivity contribution is -0.0329. The summed E-state index contributed by atoms with van der Waals surface area (Å²) < 4.78 is 5.60. The SMILES string of the molecule is CC1[C@H](C)O[C@H]([C@@H](C)O)[C@@H]1C. The minimum atomic E-state index is -0.336. The van der Waals surface area contributed by atoms with E-state index in [1.807, 2.05) is 0 Å². The first kappa shape index (κ1) is 9.01. The van der Waals surface area contributed by atoms with Crippen LogP contribution in [0.3, 0.4) is 0 Å². The van der Waals surface area contributed by atoms with Crippen molar-refractivity contribution in [1.82, 2.24) is 0 Å². The fraction of sp³-hybridized carbons (Fsp3) is 1.00. The molecule has 0 radical (unpaired) electrons. The third-order valence-corrected chi connectivity index (χ3v) is 2.94. The molecule has 1 rings (SSSR count). The Bertz CT molecular complexity index is 134. The topological polar surface area (TPSA) is 29.5 Å². The maximum absolute atomic E-state index is 9.33. The fourth-order valence-electron chi connectivity index (χ4n) is 1.78. The predicted molar refractivity (Wildman–Crippen MR) is 44.3 cm³/mol. The molecular formula is C9H18O2. The van der Waals surface area contributed by atoms with Crippen molar-refractivity contribution in [3.63, 3.8) is 0 Å². The Hall–Kier alpha value is -0.0800. The first-order chi connectivity index (χ1) is 5.04. The Morgan fingerprint density at radius 3 is 1.91 bits per heavy atom. The summed E-state index contributed by atoms with van der Waals surface area (Å²) in [4.78, 5) is 0. The van der Waals surface area contributed by atoms with Crippen molar-refractivity contribution in [3.05, 3.63) is 0 Å². The van der Waals surface area contributed by atoms with Crippen LogP contribution in [-0.4, -0.2) is 23.4 Å². The summed E-state index contributed by atoms with van der Waals surface area (Å²) in [7, 11) is 0. The van der Waals surface area contributed by atoms with E-state index >= 15 is 0 Å². The van der Waals surface area contributed by atoms with Crippen LogP contribution in [0.1, 0.15) is 27.7 Å². The monoisotopic (exact) mass is 158 g/mol. The minimum Gasteiger partial charge on any atom is -0.391 e. The standard InChI is InChI=1S/C9H18O2/c1-5-6(2)9(7(3)10)11-8(5)4/h5-10H,1-4H3/t5?,6-,7-,8+,9+/m1/s1. The van der Waals surface area contributed by atoms with Gasteiger partial charge in [0.25, 0.3) is 0 Å². The number of hydrogen-bond donors (Lipinski definition) is 1. The summed E-state index contributed by atoms with van der Waals surface area (Å²) in [6, 6.07) is 0. The molecule has 1 N–H and O–H groups in total. The molecule has 1 aliphatic rings. The molecule has 11 heavy (non-hydrogen) atoms. The molecule has 0 bridgehead atoms. The third-order valence-electron chi connectivity index (χ3n) is 2.94. The highest BCUT2D eigenvalue weighted by Crippen LogP contribution is 2.33. The van der Waals surface area contributed by atoms with Crippen LogP contribution in [0.4, 0.5) is 0 Å². The molecule has 1 saturated heterocycles. The van der Waals surface area contributed by atoms with Gasteiger partial charge in [0.15, 0.2) is 0 Å². The second-order valence-corrected chi connectivity index (χ2v) is 3.76. The van der Waals surface area contributed by atoms with Gasteiger partial charge in [-0.2, -0.15) is 0 Å². The van der Waals surface area contributed by atoms with Gasteiger partial charge in [-0.05, 0) is 25.7 Å². The molecule has 0 aromatic heterocycles. The smallest absolute Gasteiger partial charge is 0.0863 e. The zero-order valence-electron chi connectivity index (χ0n) is 7.74. The molecule has 66 valence electrons. The molecule has 1 heterocycles. The summed E-state index contributed by atoms with van der Waals surface area (Å²) in [5.41, 5.74) is 0. The molecule has 0 amide bonds. The Labute approximate surface area is 68.6 Å². The normalized spacial score (nSPS) is 47.7. The van der Waals surface area contributed by atoms with Gasteiger partial charge < -0.3 is 9.84 Å². The lowest BCUT2D eigenvalue weighted by Gasteiger charge is -2.18. The summed E-state index contributed by atoms with van der Waals surface area (Å²) in [6.45, 7) is 8.19. The van der Waals surface area contributed by atoms with Gasteiger partial charge in [0.2, 0.25) is 0 Å². The van der Waals surface area contributed by atoms with E-state index in [-0.39, 0.29) is 12.2 Å². The lowest BCUT2D eigenvalue weighted by atomic mass is 9.89. The number of rotatable bonds is 1. The maximum Gasteiger partial charge on any atom is 0.0863 e. The van der Waals surface area contributed by atoms with Crippen molar-refractivity contribution in [2.75, 3.05) is 0 Å². The lowest BCUT2D eigenvalue weighted by Crippen LogP contribution is -2.28. The molecular weight excluding hydrogens is 140 g/mol. The van der Waals surface area contributed by atoms with Gasteiger partial charge in [-0.15, -0.1) is 0 Å². The van der Waals surface area contributed by atoms with Crippen LogP contribution >= 0.6 is 0 Å². The third kappa shape index (κ3) is 1.57. The van der Waals surface area contributed by atoms with E-state index < -0.39 is 0 Å². The van der Waals surface area contributed by atoms with Gasteiger partial charge in [-0.3, -0.25) is 0 Å². The average molecular weight is 158 g/mol. The van der Waals surface area contributed by atoms with Crippen molar-refractivity contribution in [2.24, 2.45) is 11.8 Å². The number of aliphatic hydroxyl groups is 1. The zero-order valence-corrected chi connectivity index (χ0v) is 7.74. The molecule has 0 aliphatic carbocycles. The predicted octanol–water partition coefficient (Wildman–Crippen LogP) is 1.43. The Balaban J connectivity index is 2.59.